The van der Waals surface area contributed by atoms with Crippen molar-refractivity contribution in [3.63, 3.8) is 0 Å². The maximum absolute atomic E-state index is 12.6. The van der Waals surface area contributed by atoms with Crippen LogP contribution >= 0.6 is 0 Å². The molecule has 1 aromatic carbocycles. The van der Waals surface area contributed by atoms with Gasteiger partial charge >= 0.3 is 0 Å². The van der Waals surface area contributed by atoms with Gasteiger partial charge in [0.25, 0.3) is 0 Å². The van der Waals surface area contributed by atoms with Crippen molar-refractivity contribution >= 4 is 11.8 Å². The second-order valence-corrected chi connectivity index (χ2v) is 7.17. The summed E-state index contributed by atoms with van der Waals surface area (Å²) in [5.41, 5.74) is 1.62. The van der Waals surface area contributed by atoms with Crippen molar-refractivity contribution in [2.24, 2.45) is 5.92 Å². The van der Waals surface area contributed by atoms with E-state index in [-0.39, 0.29) is 17.7 Å². The van der Waals surface area contributed by atoms with Crippen LogP contribution in [0.5, 0.6) is 0 Å². The normalized spacial score (nSPS) is 17.0. The fraction of sp³-hybridized carbons (Fsp3) is 0.579. The number of carbonyl (C=O) groups is 2. The lowest BCUT2D eigenvalue weighted by Gasteiger charge is -2.30. The van der Waals surface area contributed by atoms with Crippen LogP contribution in [0.15, 0.2) is 24.3 Å². The highest BCUT2D eigenvalue weighted by Gasteiger charge is 2.35. The first-order valence-electron chi connectivity index (χ1n) is 8.64. The first-order valence-corrected chi connectivity index (χ1v) is 8.64. The molecule has 0 bridgehead atoms. The first-order chi connectivity index (χ1) is 11.2. The molecule has 2 amide bonds. The van der Waals surface area contributed by atoms with Crippen molar-refractivity contribution in [3.05, 3.63) is 35.4 Å². The van der Waals surface area contributed by atoms with Gasteiger partial charge < -0.3 is 15.7 Å². The smallest absolute Gasteiger partial charge is 0.245 e. The van der Waals surface area contributed by atoms with E-state index < -0.39 is 17.7 Å². The molecule has 2 rings (SSSR count). The zero-order valence-corrected chi connectivity index (χ0v) is 14.9. The lowest BCUT2D eigenvalue weighted by Crippen LogP contribution is -2.56. The Hall–Kier alpha value is -1.88. The summed E-state index contributed by atoms with van der Waals surface area (Å²) in [6, 6.07) is 7.15. The Bertz CT molecular complexity index is 589. The van der Waals surface area contributed by atoms with Crippen LogP contribution in [0.4, 0.5) is 0 Å². The van der Waals surface area contributed by atoms with E-state index >= 15 is 0 Å². The molecule has 1 saturated carbocycles. The van der Waals surface area contributed by atoms with Gasteiger partial charge in [-0.2, -0.15) is 0 Å². The van der Waals surface area contributed by atoms with Gasteiger partial charge in [-0.1, -0.05) is 31.2 Å². The molecule has 0 aliphatic heterocycles. The second kappa shape index (κ2) is 7.34. The van der Waals surface area contributed by atoms with Crippen LogP contribution in [-0.4, -0.2) is 29.1 Å². The summed E-state index contributed by atoms with van der Waals surface area (Å²) in [4.78, 5) is 24.5. The third kappa shape index (κ3) is 4.57. The Morgan fingerprint density at radius 2 is 1.83 bits per heavy atom. The Balaban J connectivity index is 2.06. The maximum Gasteiger partial charge on any atom is 0.245 e. The standard InChI is InChI=1S/C19H28N2O3/c1-5-13-6-10-15(11-7-13)19(3,4)21-18(24)16(12(2)22)20-17(23)14-8-9-14/h6-7,10-12,14,16,22H,5,8-9H2,1-4H3,(H,20,23)(H,21,24). The number of hydrogen-bond donors (Lipinski definition) is 3. The Labute approximate surface area is 143 Å². The third-order valence-electron chi connectivity index (χ3n) is 4.53. The minimum absolute atomic E-state index is 0.00588. The zero-order valence-electron chi connectivity index (χ0n) is 14.9. The molecule has 0 saturated heterocycles. The van der Waals surface area contributed by atoms with Crippen LogP contribution in [0.2, 0.25) is 0 Å². The van der Waals surface area contributed by atoms with Gasteiger partial charge in [0.1, 0.15) is 6.04 Å². The molecule has 0 radical (unpaired) electrons. The average molecular weight is 332 g/mol. The van der Waals surface area contributed by atoms with E-state index in [1.54, 1.807) is 0 Å². The van der Waals surface area contributed by atoms with Crippen molar-refractivity contribution in [3.8, 4) is 0 Å². The fourth-order valence-electron chi connectivity index (χ4n) is 2.64. The summed E-state index contributed by atoms with van der Waals surface area (Å²) in [5, 5.41) is 15.5. The van der Waals surface area contributed by atoms with Gasteiger partial charge in [0.15, 0.2) is 0 Å². The molecule has 0 heterocycles. The fourth-order valence-corrected chi connectivity index (χ4v) is 2.64. The molecule has 0 aromatic heterocycles. The maximum atomic E-state index is 12.6. The molecule has 5 nitrogen and oxygen atoms in total. The van der Waals surface area contributed by atoms with Gasteiger partial charge in [0.05, 0.1) is 11.6 Å². The van der Waals surface area contributed by atoms with Crippen molar-refractivity contribution in [2.75, 3.05) is 0 Å². The summed E-state index contributed by atoms with van der Waals surface area (Å²) >= 11 is 0. The molecule has 2 atom stereocenters. The summed E-state index contributed by atoms with van der Waals surface area (Å²) in [5.74, 6) is -0.529. The van der Waals surface area contributed by atoms with Gasteiger partial charge in [-0.15, -0.1) is 0 Å². The van der Waals surface area contributed by atoms with Gasteiger partial charge in [-0.3, -0.25) is 9.59 Å². The lowest BCUT2D eigenvalue weighted by molar-refractivity contribution is -0.133. The third-order valence-corrected chi connectivity index (χ3v) is 4.53. The molecular weight excluding hydrogens is 304 g/mol. The molecule has 1 aliphatic carbocycles. The predicted molar refractivity (Wildman–Crippen MR) is 93.3 cm³/mol. The van der Waals surface area contributed by atoms with Gasteiger partial charge in [-0.25, -0.2) is 0 Å². The number of amides is 2. The van der Waals surface area contributed by atoms with Crippen molar-refractivity contribution in [2.45, 2.75) is 64.6 Å². The molecule has 24 heavy (non-hydrogen) atoms. The minimum Gasteiger partial charge on any atom is -0.391 e. The summed E-state index contributed by atoms with van der Waals surface area (Å²) in [6.07, 6.45) is 1.72. The first kappa shape index (κ1) is 18.5. The van der Waals surface area contributed by atoms with Crippen LogP contribution in [0.1, 0.15) is 51.7 Å². The predicted octanol–water partition coefficient (Wildman–Crippen LogP) is 1.88. The van der Waals surface area contributed by atoms with E-state index in [1.807, 2.05) is 38.1 Å². The van der Waals surface area contributed by atoms with Crippen LogP contribution in [0, 0.1) is 5.92 Å². The van der Waals surface area contributed by atoms with Crippen molar-refractivity contribution < 1.29 is 14.7 Å². The molecule has 0 spiro atoms. The van der Waals surface area contributed by atoms with Crippen LogP contribution in [0.3, 0.4) is 0 Å². The van der Waals surface area contributed by atoms with Crippen LogP contribution in [0.25, 0.3) is 0 Å². The molecule has 1 aromatic rings. The summed E-state index contributed by atoms with van der Waals surface area (Å²) in [6.45, 7) is 7.43. The number of benzene rings is 1. The van der Waals surface area contributed by atoms with E-state index in [1.165, 1.54) is 12.5 Å². The van der Waals surface area contributed by atoms with E-state index in [4.69, 9.17) is 0 Å². The van der Waals surface area contributed by atoms with E-state index in [0.717, 1.165) is 24.8 Å². The van der Waals surface area contributed by atoms with E-state index in [9.17, 15) is 14.7 Å². The Morgan fingerprint density at radius 1 is 1.25 bits per heavy atom. The zero-order chi connectivity index (χ0) is 17.9. The number of aryl methyl sites for hydroxylation is 1. The number of rotatable bonds is 7. The minimum atomic E-state index is -0.953. The summed E-state index contributed by atoms with van der Waals surface area (Å²) < 4.78 is 0. The average Bonchev–Trinajstić information content (AvgIpc) is 3.36. The van der Waals surface area contributed by atoms with Crippen molar-refractivity contribution in [1.82, 2.24) is 10.6 Å². The SMILES string of the molecule is CCc1ccc(C(C)(C)NC(=O)C(NC(=O)C2CC2)C(C)O)cc1. The molecular formula is C19H28N2O3. The van der Waals surface area contributed by atoms with Crippen molar-refractivity contribution in [1.29, 1.82) is 0 Å². The van der Waals surface area contributed by atoms with Crippen LogP contribution < -0.4 is 10.6 Å². The quantitative estimate of drug-likeness (QED) is 0.713. The Morgan fingerprint density at radius 3 is 2.29 bits per heavy atom. The second-order valence-electron chi connectivity index (χ2n) is 7.17. The largest absolute Gasteiger partial charge is 0.391 e. The lowest BCUT2D eigenvalue weighted by atomic mass is 9.92. The van der Waals surface area contributed by atoms with E-state index in [2.05, 4.69) is 17.6 Å². The molecule has 132 valence electrons. The highest BCUT2D eigenvalue weighted by Crippen LogP contribution is 2.29. The topological polar surface area (TPSA) is 78.4 Å². The van der Waals surface area contributed by atoms with Crippen LogP contribution in [-0.2, 0) is 21.5 Å². The van der Waals surface area contributed by atoms with Gasteiger partial charge in [0, 0.05) is 5.92 Å². The molecule has 5 heteroatoms. The number of aliphatic hydroxyl groups is 1. The monoisotopic (exact) mass is 332 g/mol. The highest BCUT2D eigenvalue weighted by atomic mass is 16.3. The number of carbonyl (C=O) groups excluding carboxylic acids is 2. The molecule has 2 unspecified atom stereocenters. The number of nitrogens with one attached hydrogen (secondary N) is 2. The van der Waals surface area contributed by atoms with Gasteiger partial charge in [-0.05, 0) is 51.2 Å². The number of hydrogen-bond acceptors (Lipinski definition) is 3. The molecule has 3 N–H and O–H groups in total. The van der Waals surface area contributed by atoms with E-state index in [0.29, 0.717) is 0 Å². The Kier molecular flexibility index (Phi) is 5.65. The number of aliphatic hydroxyl groups excluding tert-OH is 1. The summed E-state index contributed by atoms with van der Waals surface area (Å²) in [7, 11) is 0. The molecule has 1 aliphatic rings. The molecule has 1 fully saturated rings. The highest BCUT2D eigenvalue weighted by molar-refractivity contribution is 5.90. The van der Waals surface area contributed by atoms with Gasteiger partial charge in [0.2, 0.25) is 11.8 Å².